The Morgan fingerprint density at radius 2 is 1.63 bits per heavy atom. The number of nitrogens with one attached hydrogen (secondary N) is 1. The van der Waals surface area contributed by atoms with E-state index in [0.29, 0.717) is 25.3 Å². The first-order valence-electron chi connectivity index (χ1n) is 10.6. The van der Waals surface area contributed by atoms with E-state index in [1.807, 2.05) is 68.4 Å². The van der Waals surface area contributed by atoms with Crippen molar-refractivity contribution in [3.05, 3.63) is 65.7 Å². The van der Waals surface area contributed by atoms with Gasteiger partial charge in [0.25, 0.3) is 5.91 Å². The third kappa shape index (κ3) is 6.34. The first-order valence-corrected chi connectivity index (χ1v) is 10.6. The number of likely N-dealkylation sites (N-methyl/N-ethyl adjacent to an activating group) is 1. The van der Waals surface area contributed by atoms with Crippen molar-refractivity contribution in [2.75, 3.05) is 13.2 Å². The van der Waals surface area contributed by atoms with Crippen LogP contribution in [0.15, 0.2) is 54.6 Å². The highest BCUT2D eigenvalue weighted by Crippen LogP contribution is 2.31. The molecule has 0 unspecified atom stereocenters. The van der Waals surface area contributed by atoms with Crippen LogP contribution in [0.1, 0.15) is 52.2 Å². The van der Waals surface area contributed by atoms with Gasteiger partial charge < -0.3 is 15.0 Å². The largest absolute Gasteiger partial charge is 0.483 e. The fourth-order valence-electron chi connectivity index (χ4n) is 3.43. The summed E-state index contributed by atoms with van der Waals surface area (Å²) in [5.74, 6) is 0.351. The molecule has 162 valence electrons. The summed E-state index contributed by atoms with van der Waals surface area (Å²) in [4.78, 5) is 27.5. The number of para-hydroxylation sites is 1. The number of ether oxygens (including phenoxy) is 1. The van der Waals surface area contributed by atoms with E-state index in [0.717, 1.165) is 11.1 Å². The van der Waals surface area contributed by atoms with E-state index < -0.39 is 6.04 Å². The number of amides is 2. The Kier molecular flexibility index (Phi) is 8.46. The lowest BCUT2D eigenvalue weighted by Gasteiger charge is -2.31. The quantitative estimate of drug-likeness (QED) is 0.670. The van der Waals surface area contributed by atoms with Crippen molar-refractivity contribution in [1.82, 2.24) is 10.2 Å². The Bertz CT molecular complexity index is 828. The Morgan fingerprint density at radius 3 is 2.23 bits per heavy atom. The molecule has 0 aliphatic rings. The maximum atomic E-state index is 13.2. The highest BCUT2D eigenvalue weighted by molar-refractivity contribution is 5.88. The Hall–Kier alpha value is -2.82. The minimum atomic E-state index is -0.542. The van der Waals surface area contributed by atoms with Crippen LogP contribution in [0.5, 0.6) is 5.75 Å². The van der Waals surface area contributed by atoms with Gasteiger partial charge in [-0.05, 0) is 36.0 Å². The molecule has 0 aliphatic heterocycles. The van der Waals surface area contributed by atoms with E-state index >= 15 is 0 Å². The molecule has 2 amide bonds. The van der Waals surface area contributed by atoms with Crippen LogP contribution in [0, 0.1) is 0 Å². The molecule has 30 heavy (non-hydrogen) atoms. The van der Waals surface area contributed by atoms with Gasteiger partial charge in [0.05, 0.1) is 0 Å². The maximum Gasteiger partial charge on any atom is 0.261 e. The van der Waals surface area contributed by atoms with Gasteiger partial charge in [-0.2, -0.15) is 0 Å². The highest BCUT2D eigenvalue weighted by Gasteiger charge is 2.29. The zero-order valence-corrected chi connectivity index (χ0v) is 18.8. The average Bonchev–Trinajstić information content (AvgIpc) is 2.72. The van der Waals surface area contributed by atoms with Crippen molar-refractivity contribution >= 4 is 11.8 Å². The second-order valence-electron chi connectivity index (χ2n) is 8.36. The molecule has 5 nitrogen and oxygen atoms in total. The first-order chi connectivity index (χ1) is 14.3. The van der Waals surface area contributed by atoms with Gasteiger partial charge in [0.15, 0.2) is 6.61 Å². The molecule has 0 spiro atoms. The van der Waals surface area contributed by atoms with Crippen LogP contribution in [0.25, 0.3) is 0 Å². The molecule has 0 bridgehead atoms. The zero-order chi connectivity index (χ0) is 22.1. The summed E-state index contributed by atoms with van der Waals surface area (Å²) in [5, 5.41) is 2.85. The number of benzene rings is 2. The molecular weight excluding hydrogens is 376 g/mol. The molecule has 0 saturated heterocycles. The van der Waals surface area contributed by atoms with Crippen LogP contribution in [-0.2, 0) is 21.5 Å². The first kappa shape index (κ1) is 23.5. The van der Waals surface area contributed by atoms with Gasteiger partial charge >= 0.3 is 0 Å². The summed E-state index contributed by atoms with van der Waals surface area (Å²) < 4.78 is 5.96. The second-order valence-corrected chi connectivity index (χ2v) is 8.36. The topological polar surface area (TPSA) is 58.6 Å². The minimum Gasteiger partial charge on any atom is -0.483 e. The van der Waals surface area contributed by atoms with Crippen LogP contribution < -0.4 is 10.1 Å². The molecule has 2 aromatic carbocycles. The number of nitrogens with zero attached hydrogens (tertiary/aromatic N) is 1. The Balaban J connectivity index is 2.23. The molecule has 0 heterocycles. The van der Waals surface area contributed by atoms with Crippen LogP contribution in [0.2, 0.25) is 0 Å². The normalized spacial score (nSPS) is 12.2. The molecule has 0 aromatic heterocycles. The molecule has 0 saturated carbocycles. The number of rotatable bonds is 9. The third-order valence-electron chi connectivity index (χ3n) is 4.98. The summed E-state index contributed by atoms with van der Waals surface area (Å²) >= 11 is 0. The van der Waals surface area contributed by atoms with Crippen molar-refractivity contribution in [1.29, 1.82) is 0 Å². The number of hydrogen-bond acceptors (Lipinski definition) is 3. The average molecular weight is 411 g/mol. The second kappa shape index (κ2) is 10.8. The van der Waals surface area contributed by atoms with Gasteiger partial charge in [0.1, 0.15) is 11.8 Å². The van der Waals surface area contributed by atoms with E-state index in [-0.39, 0.29) is 23.8 Å². The minimum absolute atomic E-state index is 0.101. The monoisotopic (exact) mass is 410 g/mol. The molecule has 0 aliphatic carbocycles. The van der Waals surface area contributed by atoms with Crippen molar-refractivity contribution in [2.24, 2.45) is 0 Å². The lowest BCUT2D eigenvalue weighted by molar-refractivity contribution is -0.142. The van der Waals surface area contributed by atoms with E-state index in [9.17, 15) is 9.59 Å². The molecule has 1 N–H and O–H groups in total. The van der Waals surface area contributed by atoms with E-state index in [2.05, 4.69) is 26.1 Å². The van der Waals surface area contributed by atoms with Gasteiger partial charge in [-0.1, -0.05) is 76.2 Å². The zero-order valence-electron chi connectivity index (χ0n) is 18.8. The molecule has 1 atom stereocenters. The van der Waals surface area contributed by atoms with Gasteiger partial charge in [0.2, 0.25) is 5.91 Å². The predicted octanol–water partition coefficient (Wildman–Crippen LogP) is 4.31. The Morgan fingerprint density at radius 1 is 1.00 bits per heavy atom. The van der Waals surface area contributed by atoms with E-state index in [1.165, 1.54) is 0 Å². The molecular formula is C25H34N2O3. The van der Waals surface area contributed by atoms with Gasteiger partial charge in [-0.3, -0.25) is 9.59 Å². The number of hydrogen-bond donors (Lipinski definition) is 1. The highest BCUT2D eigenvalue weighted by atomic mass is 16.5. The summed E-state index contributed by atoms with van der Waals surface area (Å²) in [6, 6.07) is 17.0. The van der Waals surface area contributed by atoms with Crippen molar-refractivity contribution in [2.45, 2.75) is 59.0 Å². The summed E-state index contributed by atoms with van der Waals surface area (Å²) in [7, 11) is 0. The molecule has 0 radical (unpaired) electrons. The van der Waals surface area contributed by atoms with Crippen molar-refractivity contribution in [3.63, 3.8) is 0 Å². The molecule has 5 heteroatoms. The van der Waals surface area contributed by atoms with Crippen molar-refractivity contribution < 1.29 is 14.3 Å². The van der Waals surface area contributed by atoms with E-state index in [4.69, 9.17) is 4.74 Å². The third-order valence-corrected chi connectivity index (χ3v) is 4.98. The van der Waals surface area contributed by atoms with E-state index in [1.54, 1.807) is 4.90 Å². The summed E-state index contributed by atoms with van der Waals surface area (Å²) in [6.07, 6.45) is 0.531. The summed E-state index contributed by atoms with van der Waals surface area (Å²) in [5.41, 5.74) is 1.92. The molecule has 0 fully saturated rings. The number of carbonyl (C=O) groups is 2. The fraction of sp³-hybridized carbons (Fsp3) is 0.440. The standard InChI is InChI=1S/C25H34N2O3/c1-6-21(24(29)26-7-2)27(17-19-13-9-8-10-14-19)23(28)18-30-22-16-12-11-15-20(22)25(3,4)5/h8-16,21H,6-7,17-18H2,1-5H3,(H,26,29)/t21-/m1/s1. The van der Waals surface area contributed by atoms with Crippen LogP contribution in [0.4, 0.5) is 0 Å². The maximum absolute atomic E-state index is 13.2. The van der Waals surface area contributed by atoms with Crippen LogP contribution >= 0.6 is 0 Å². The van der Waals surface area contributed by atoms with Gasteiger partial charge in [0, 0.05) is 13.1 Å². The van der Waals surface area contributed by atoms with Gasteiger partial charge in [-0.15, -0.1) is 0 Å². The molecule has 2 rings (SSSR count). The predicted molar refractivity (Wildman–Crippen MR) is 120 cm³/mol. The lowest BCUT2D eigenvalue weighted by Crippen LogP contribution is -2.50. The Labute approximate surface area is 180 Å². The number of carbonyl (C=O) groups excluding carboxylic acids is 2. The van der Waals surface area contributed by atoms with Crippen LogP contribution in [-0.4, -0.2) is 35.9 Å². The smallest absolute Gasteiger partial charge is 0.261 e. The fourth-order valence-corrected chi connectivity index (χ4v) is 3.43. The lowest BCUT2D eigenvalue weighted by atomic mass is 9.86. The van der Waals surface area contributed by atoms with Crippen LogP contribution in [0.3, 0.4) is 0 Å². The van der Waals surface area contributed by atoms with Gasteiger partial charge in [-0.25, -0.2) is 0 Å². The molecule has 2 aromatic rings. The SMILES string of the molecule is CCNC(=O)[C@@H](CC)N(Cc1ccccc1)C(=O)COc1ccccc1C(C)(C)C. The van der Waals surface area contributed by atoms with Crippen molar-refractivity contribution in [3.8, 4) is 5.75 Å². The summed E-state index contributed by atoms with van der Waals surface area (Å²) in [6.45, 7) is 10.9.